The quantitative estimate of drug-likeness (QED) is 0.0526. The molecule has 5 unspecified atom stereocenters. The van der Waals surface area contributed by atoms with Crippen molar-refractivity contribution >= 4 is 47.3 Å². The van der Waals surface area contributed by atoms with E-state index in [1.54, 1.807) is 13.8 Å². The van der Waals surface area contributed by atoms with Crippen molar-refractivity contribution in [2.75, 3.05) is 18.6 Å². The van der Waals surface area contributed by atoms with Crippen LogP contribution in [-0.4, -0.2) is 83.4 Å². The van der Waals surface area contributed by atoms with E-state index in [9.17, 15) is 29.1 Å². The van der Waals surface area contributed by atoms with E-state index in [1.165, 1.54) is 11.8 Å². The highest BCUT2D eigenvalue weighted by Crippen LogP contribution is 2.11. The molecule has 0 heterocycles. The molecule has 0 fully saturated rings. The lowest BCUT2D eigenvalue weighted by Gasteiger charge is -2.27. The van der Waals surface area contributed by atoms with Crippen molar-refractivity contribution < 1.29 is 29.1 Å². The number of aliphatic carboxylic acids is 1. The Bertz CT molecular complexity index is 792. The summed E-state index contributed by atoms with van der Waals surface area (Å²) in [7, 11) is 0. The van der Waals surface area contributed by atoms with Crippen molar-refractivity contribution in [2.24, 2.45) is 33.8 Å². The third kappa shape index (κ3) is 13.1. The van der Waals surface area contributed by atoms with Gasteiger partial charge in [0.05, 0.1) is 12.5 Å². The number of carboxylic acid groups (broad SMARTS) is 1. The minimum absolute atomic E-state index is 0.0926. The van der Waals surface area contributed by atoms with Gasteiger partial charge in [0.15, 0.2) is 5.96 Å². The van der Waals surface area contributed by atoms with E-state index >= 15 is 0 Å². The molecule has 5 atom stereocenters. The molecule has 0 spiro atoms. The number of carbonyl (C=O) groups excluding carboxylic acids is 4. The number of carbonyl (C=O) groups is 5. The topological polar surface area (TPSA) is 258 Å². The second-order valence-corrected chi connectivity index (χ2v) is 9.33. The Kier molecular flexibility index (Phi) is 15.9. The highest BCUT2D eigenvalue weighted by atomic mass is 32.2. The van der Waals surface area contributed by atoms with Gasteiger partial charge in [-0.3, -0.25) is 24.2 Å². The van der Waals surface area contributed by atoms with Gasteiger partial charge in [-0.15, -0.1) is 0 Å². The van der Waals surface area contributed by atoms with Crippen LogP contribution in [-0.2, 0) is 24.0 Å². The van der Waals surface area contributed by atoms with E-state index in [0.717, 1.165) is 0 Å². The molecule has 0 rings (SSSR count). The van der Waals surface area contributed by atoms with Gasteiger partial charge in [0.2, 0.25) is 23.6 Å². The maximum absolute atomic E-state index is 13.0. The lowest BCUT2D eigenvalue weighted by atomic mass is 9.97. The number of rotatable bonds is 18. The molecule has 0 aromatic carbocycles. The second-order valence-electron chi connectivity index (χ2n) is 8.34. The highest BCUT2D eigenvalue weighted by molar-refractivity contribution is 7.98. The average Bonchev–Trinajstić information content (AvgIpc) is 2.80. The van der Waals surface area contributed by atoms with E-state index in [0.29, 0.717) is 18.6 Å². The average molecular weight is 533 g/mol. The molecule has 0 aliphatic rings. The third-order valence-corrected chi connectivity index (χ3v) is 6.01. The minimum atomic E-state index is -1.38. The van der Waals surface area contributed by atoms with E-state index in [-0.39, 0.29) is 31.3 Å². The van der Waals surface area contributed by atoms with Gasteiger partial charge in [0, 0.05) is 6.54 Å². The Morgan fingerprint density at radius 1 is 0.944 bits per heavy atom. The Balaban J connectivity index is 5.43. The Morgan fingerprint density at radius 3 is 2.06 bits per heavy atom. The van der Waals surface area contributed by atoms with Gasteiger partial charge in [-0.2, -0.15) is 11.8 Å². The summed E-state index contributed by atoms with van der Waals surface area (Å²) >= 11 is 1.43. The van der Waals surface area contributed by atoms with Crippen molar-refractivity contribution in [1.29, 1.82) is 0 Å². The summed E-state index contributed by atoms with van der Waals surface area (Å²) in [4.78, 5) is 65.2. The molecule has 0 radical (unpaired) electrons. The van der Waals surface area contributed by atoms with Crippen molar-refractivity contribution in [2.45, 2.75) is 70.1 Å². The number of nitrogens with one attached hydrogen (secondary N) is 3. The first-order chi connectivity index (χ1) is 16.8. The SMILES string of the molecule is CCC(C)C(NC(=O)C(CC(N)=O)NC(=O)C(N)CCCN=C(N)N)C(=O)NC(CCSC)C(=O)O. The lowest BCUT2D eigenvalue weighted by Crippen LogP contribution is -2.59. The van der Waals surface area contributed by atoms with E-state index in [1.807, 2.05) is 6.26 Å². The maximum Gasteiger partial charge on any atom is 0.326 e. The van der Waals surface area contributed by atoms with Crippen LogP contribution in [0.1, 0.15) is 46.0 Å². The molecule has 0 bridgehead atoms. The van der Waals surface area contributed by atoms with E-state index in [4.69, 9.17) is 22.9 Å². The van der Waals surface area contributed by atoms with Crippen LogP contribution >= 0.6 is 11.8 Å². The van der Waals surface area contributed by atoms with Gasteiger partial charge in [-0.25, -0.2) is 4.79 Å². The molecule has 0 aliphatic heterocycles. The number of thioether (sulfide) groups is 1. The third-order valence-electron chi connectivity index (χ3n) is 5.36. The fourth-order valence-corrected chi connectivity index (χ4v) is 3.52. The minimum Gasteiger partial charge on any atom is -0.480 e. The Morgan fingerprint density at radius 2 is 1.56 bits per heavy atom. The van der Waals surface area contributed by atoms with Crippen LogP contribution in [0.25, 0.3) is 0 Å². The molecule has 14 nitrogen and oxygen atoms in total. The second kappa shape index (κ2) is 17.4. The van der Waals surface area contributed by atoms with Gasteiger partial charge in [-0.1, -0.05) is 20.3 Å². The molecule has 206 valence electrons. The number of guanidine groups is 1. The predicted molar refractivity (Wildman–Crippen MR) is 138 cm³/mol. The normalized spacial score (nSPS) is 14.9. The van der Waals surface area contributed by atoms with Crippen LogP contribution < -0.4 is 38.9 Å². The summed E-state index contributed by atoms with van der Waals surface area (Å²) in [6.07, 6.45) is 2.57. The van der Waals surface area contributed by atoms with Crippen molar-refractivity contribution in [1.82, 2.24) is 16.0 Å². The number of hydrogen-bond acceptors (Lipinski definition) is 8. The standard InChI is InChI=1S/C21H40N8O6S/c1-4-11(2)16(19(33)27-13(20(34)35)7-9-36-3)29-18(32)14(10-15(23)30)28-17(31)12(22)6-5-8-26-21(24)25/h11-14,16H,4-10,22H2,1-3H3,(H2,23,30)(H,27,33)(H,28,31)(H,29,32)(H,34,35)(H4,24,25,26). The van der Waals surface area contributed by atoms with Crippen molar-refractivity contribution in [3.05, 3.63) is 0 Å². The molecule has 12 N–H and O–H groups in total. The number of amides is 4. The first kappa shape index (κ1) is 32.9. The molecule has 36 heavy (non-hydrogen) atoms. The molecule has 4 amide bonds. The number of aliphatic imine (C=N–C) groups is 1. The lowest BCUT2D eigenvalue weighted by molar-refractivity contribution is -0.142. The van der Waals surface area contributed by atoms with Crippen LogP contribution in [0.3, 0.4) is 0 Å². The summed E-state index contributed by atoms with van der Waals surface area (Å²) in [5.41, 5.74) is 21.6. The molecule has 0 aromatic rings. The highest BCUT2D eigenvalue weighted by Gasteiger charge is 2.33. The van der Waals surface area contributed by atoms with Gasteiger partial charge in [0.25, 0.3) is 0 Å². The molecular weight excluding hydrogens is 492 g/mol. The fraction of sp³-hybridized carbons (Fsp3) is 0.714. The summed E-state index contributed by atoms with van der Waals surface area (Å²) in [5.74, 6) is -4.23. The summed E-state index contributed by atoms with van der Waals surface area (Å²) < 4.78 is 0. The molecule has 0 aliphatic carbocycles. The van der Waals surface area contributed by atoms with Crippen molar-refractivity contribution in [3.63, 3.8) is 0 Å². The van der Waals surface area contributed by atoms with E-state index < -0.39 is 60.2 Å². The predicted octanol–water partition coefficient (Wildman–Crippen LogP) is -2.42. The zero-order valence-corrected chi connectivity index (χ0v) is 21.8. The smallest absolute Gasteiger partial charge is 0.326 e. The fourth-order valence-electron chi connectivity index (χ4n) is 3.05. The number of nitrogens with two attached hydrogens (primary N) is 4. The van der Waals surface area contributed by atoms with E-state index in [2.05, 4.69) is 20.9 Å². The van der Waals surface area contributed by atoms with Gasteiger partial charge < -0.3 is 44.0 Å². The molecule has 15 heteroatoms. The number of carboxylic acids is 1. The van der Waals surface area contributed by atoms with Crippen LogP contribution in [0.15, 0.2) is 4.99 Å². The zero-order chi connectivity index (χ0) is 27.8. The van der Waals surface area contributed by atoms with Crippen LogP contribution in [0.4, 0.5) is 0 Å². The molecule has 0 aromatic heterocycles. The largest absolute Gasteiger partial charge is 0.480 e. The first-order valence-corrected chi connectivity index (χ1v) is 12.9. The Hall–Kier alpha value is -3.07. The van der Waals surface area contributed by atoms with Gasteiger partial charge in [0.1, 0.15) is 18.1 Å². The van der Waals surface area contributed by atoms with Gasteiger partial charge in [-0.05, 0) is 37.2 Å². The molecule has 0 saturated heterocycles. The van der Waals surface area contributed by atoms with Crippen LogP contribution in [0, 0.1) is 5.92 Å². The number of primary amides is 1. The summed E-state index contributed by atoms with van der Waals surface area (Å²) in [6.45, 7) is 3.76. The maximum atomic E-state index is 13.0. The zero-order valence-electron chi connectivity index (χ0n) is 21.0. The summed E-state index contributed by atoms with van der Waals surface area (Å²) in [6, 6.07) is -4.64. The number of nitrogens with zero attached hydrogens (tertiary/aromatic N) is 1. The Labute approximate surface area is 215 Å². The van der Waals surface area contributed by atoms with Gasteiger partial charge >= 0.3 is 5.97 Å². The summed E-state index contributed by atoms with van der Waals surface area (Å²) in [5, 5.41) is 16.8. The van der Waals surface area contributed by atoms with Crippen LogP contribution in [0.2, 0.25) is 0 Å². The molecular formula is C21H40N8O6S. The van der Waals surface area contributed by atoms with Crippen molar-refractivity contribution in [3.8, 4) is 0 Å². The van der Waals surface area contributed by atoms with Crippen LogP contribution in [0.5, 0.6) is 0 Å². The molecule has 0 saturated carbocycles. The monoisotopic (exact) mass is 532 g/mol. The first-order valence-electron chi connectivity index (χ1n) is 11.6. The number of hydrogen-bond donors (Lipinski definition) is 8.